The van der Waals surface area contributed by atoms with Crippen molar-refractivity contribution in [2.45, 2.75) is 74.5 Å². The van der Waals surface area contributed by atoms with E-state index < -0.39 is 23.5 Å². The van der Waals surface area contributed by atoms with Gasteiger partial charge in [-0.25, -0.2) is 13.8 Å². The minimum Gasteiger partial charge on any atom is -0.465 e. The minimum atomic E-state index is -2.83. The van der Waals surface area contributed by atoms with Crippen molar-refractivity contribution in [1.29, 1.82) is 0 Å². The van der Waals surface area contributed by atoms with Gasteiger partial charge in [0.1, 0.15) is 11.5 Å². The Kier molecular flexibility index (Phi) is 3.87. The summed E-state index contributed by atoms with van der Waals surface area (Å²) < 4.78 is 31.7. The van der Waals surface area contributed by atoms with Gasteiger partial charge in [0.25, 0.3) is 11.8 Å². The van der Waals surface area contributed by atoms with Crippen molar-refractivity contribution in [1.82, 2.24) is 20.2 Å². The minimum absolute atomic E-state index is 0.0215. The van der Waals surface area contributed by atoms with Crippen LogP contribution < -0.4 is 15.0 Å². The highest BCUT2D eigenvalue weighted by atomic mass is 19.3. The highest BCUT2D eigenvalue weighted by Gasteiger charge is 2.62. The summed E-state index contributed by atoms with van der Waals surface area (Å²) in [5.41, 5.74) is 0.634. The number of alkyl halides is 2. The Morgan fingerprint density at radius 1 is 1.32 bits per heavy atom. The lowest BCUT2D eigenvalue weighted by Gasteiger charge is -2.33. The van der Waals surface area contributed by atoms with Crippen LogP contribution >= 0.6 is 0 Å². The molecule has 0 aromatic carbocycles. The van der Waals surface area contributed by atoms with Gasteiger partial charge >= 0.3 is 0 Å². The predicted octanol–water partition coefficient (Wildman–Crippen LogP) is 2.41. The summed E-state index contributed by atoms with van der Waals surface area (Å²) in [6.07, 6.45) is 5.72. The van der Waals surface area contributed by atoms with E-state index in [1.54, 1.807) is 11.1 Å². The molecule has 2 aromatic heterocycles. The fourth-order valence-electron chi connectivity index (χ4n) is 4.74. The average Bonchev–Trinajstić information content (AvgIpc) is 3.56. The van der Waals surface area contributed by atoms with Gasteiger partial charge in [-0.1, -0.05) is 0 Å². The number of rotatable bonds is 5. The number of hydrogen-bond acceptors (Lipinski definition) is 7. The molecule has 0 bridgehead atoms. The maximum atomic E-state index is 13.3. The SMILES string of the molecule is O=C1N([C@@H]2CCC[C@@H](O)C2)c2nc(Nc3c[nH]nc3O[C@H]3CC3(F)F)ncc2C12CC2. The molecule has 4 aliphatic rings. The van der Waals surface area contributed by atoms with Crippen LogP contribution in [-0.2, 0) is 10.2 Å². The van der Waals surface area contributed by atoms with Gasteiger partial charge in [-0.05, 0) is 38.5 Å². The third-order valence-corrected chi connectivity index (χ3v) is 6.75. The Balaban J connectivity index is 1.29. The fourth-order valence-corrected chi connectivity index (χ4v) is 4.74. The number of nitrogens with one attached hydrogen (secondary N) is 2. The summed E-state index contributed by atoms with van der Waals surface area (Å²) in [6.45, 7) is 0. The number of carbonyl (C=O) groups is 1. The molecule has 31 heavy (non-hydrogen) atoms. The van der Waals surface area contributed by atoms with Crippen molar-refractivity contribution in [2.24, 2.45) is 0 Å². The lowest BCUT2D eigenvalue weighted by atomic mass is 9.92. The maximum absolute atomic E-state index is 13.3. The molecule has 3 aliphatic carbocycles. The first kappa shape index (κ1) is 18.9. The number of H-pyrrole nitrogens is 1. The van der Waals surface area contributed by atoms with E-state index in [0.717, 1.165) is 37.7 Å². The Labute approximate surface area is 176 Å². The summed E-state index contributed by atoms with van der Waals surface area (Å²) in [4.78, 5) is 24.0. The normalized spacial score (nSPS) is 29.7. The molecule has 0 radical (unpaired) electrons. The molecule has 1 spiro atoms. The van der Waals surface area contributed by atoms with E-state index in [1.165, 1.54) is 6.20 Å². The first-order chi connectivity index (χ1) is 14.9. The first-order valence-electron chi connectivity index (χ1n) is 10.6. The number of aliphatic hydroxyl groups is 1. The van der Waals surface area contributed by atoms with Gasteiger partial charge in [0, 0.05) is 24.0 Å². The van der Waals surface area contributed by atoms with Crippen molar-refractivity contribution >= 4 is 23.4 Å². The number of ether oxygens (including phenoxy) is 1. The van der Waals surface area contributed by atoms with Crippen LogP contribution in [0, 0.1) is 0 Å². The number of anilines is 3. The van der Waals surface area contributed by atoms with Crippen LogP contribution in [0.1, 0.15) is 50.5 Å². The Bertz CT molecular complexity index is 1060. The second-order valence-corrected chi connectivity index (χ2v) is 8.96. The molecular weight excluding hydrogens is 410 g/mol. The van der Waals surface area contributed by atoms with Crippen LogP contribution in [0.2, 0.25) is 0 Å². The molecule has 164 valence electrons. The van der Waals surface area contributed by atoms with Crippen LogP contribution in [-0.4, -0.2) is 55.4 Å². The second-order valence-electron chi connectivity index (χ2n) is 8.96. The molecule has 0 unspecified atom stereocenters. The molecule has 3 N–H and O–H groups in total. The molecular formula is C20H22F2N6O3. The Morgan fingerprint density at radius 2 is 2.13 bits per heavy atom. The quantitative estimate of drug-likeness (QED) is 0.664. The molecule has 3 heterocycles. The number of aliphatic hydroxyl groups excluding tert-OH is 1. The maximum Gasteiger partial charge on any atom is 0.288 e. The van der Waals surface area contributed by atoms with Crippen LogP contribution in [0.5, 0.6) is 5.88 Å². The van der Waals surface area contributed by atoms with E-state index in [1.807, 2.05) is 0 Å². The number of amides is 1. The molecule has 2 aromatic rings. The molecule has 1 aliphatic heterocycles. The smallest absolute Gasteiger partial charge is 0.288 e. The highest BCUT2D eigenvalue weighted by Crippen LogP contribution is 2.57. The molecule has 3 atom stereocenters. The standard InChI is InChI=1S/C20H22F2N6O3/c21-20(22)7-14(20)31-16-13(9-24-27-16)25-18-23-8-12-15(26-18)28(17(30)19(12)4-5-19)10-2-1-3-11(29)6-10/h8-11,14,29H,1-7H2,(H,24,27)(H,23,25,26)/t10-,11-,14+/m1/s1. The van der Waals surface area contributed by atoms with E-state index in [9.17, 15) is 18.7 Å². The summed E-state index contributed by atoms with van der Waals surface area (Å²) in [5, 5.41) is 19.6. The van der Waals surface area contributed by atoms with E-state index in [0.29, 0.717) is 17.9 Å². The van der Waals surface area contributed by atoms with Crippen molar-refractivity contribution in [2.75, 3.05) is 10.2 Å². The average molecular weight is 432 g/mol. The third kappa shape index (κ3) is 2.97. The van der Waals surface area contributed by atoms with Gasteiger partial charge in [-0.2, -0.15) is 4.98 Å². The molecule has 11 heteroatoms. The molecule has 0 saturated heterocycles. The van der Waals surface area contributed by atoms with E-state index in [4.69, 9.17) is 4.74 Å². The summed E-state index contributed by atoms with van der Waals surface area (Å²) in [7, 11) is 0. The summed E-state index contributed by atoms with van der Waals surface area (Å²) in [5.74, 6) is -1.98. The fraction of sp³-hybridized carbons (Fsp3) is 0.600. The number of hydrogen-bond donors (Lipinski definition) is 3. The number of carbonyl (C=O) groups excluding carboxylic acids is 1. The van der Waals surface area contributed by atoms with E-state index in [-0.39, 0.29) is 30.2 Å². The zero-order valence-corrected chi connectivity index (χ0v) is 16.6. The summed E-state index contributed by atoms with van der Waals surface area (Å²) in [6, 6.07) is -0.0948. The predicted molar refractivity (Wildman–Crippen MR) is 105 cm³/mol. The molecule has 1 amide bonds. The largest absolute Gasteiger partial charge is 0.465 e. The zero-order valence-electron chi connectivity index (χ0n) is 16.6. The van der Waals surface area contributed by atoms with E-state index in [2.05, 4.69) is 25.5 Å². The van der Waals surface area contributed by atoms with Crippen molar-refractivity contribution in [3.8, 4) is 5.88 Å². The van der Waals surface area contributed by atoms with Gasteiger partial charge in [-0.3, -0.25) is 14.8 Å². The second kappa shape index (κ2) is 6.35. The van der Waals surface area contributed by atoms with Crippen LogP contribution in [0.4, 0.5) is 26.2 Å². The lowest BCUT2D eigenvalue weighted by Crippen LogP contribution is -2.44. The van der Waals surface area contributed by atoms with Gasteiger partial charge in [0.2, 0.25) is 11.9 Å². The van der Waals surface area contributed by atoms with Crippen molar-refractivity contribution in [3.63, 3.8) is 0 Å². The van der Waals surface area contributed by atoms with Crippen LogP contribution in [0.15, 0.2) is 12.4 Å². The Hall–Kier alpha value is -2.82. The Morgan fingerprint density at radius 3 is 2.84 bits per heavy atom. The molecule has 3 fully saturated rings. The molecule has 6 rings (SSSR count). The number of aromatic amines is 1. The number of aromatic nitrogens is 4. The monoisotopic (exact) mass is 432 g/mol. The third-order valence-electron chi connectivity index (χ3n) is 6.75. The van der Waals surface area contributed by atoms with Crippen molar-refractivity contribution in [3.05, 3.63) is 18.0 Å². The highest BCUT2D eigenvalue weighted by molar-refractivity contribution is 6.09. The van der Waals surface area contributed by atoms with E-state index >= 15 is 0 Å². The zero-order chi connectivity index (χ0) is 21.4. The lowest BCUT2D eigenvalue weighted by molar-refractivity contribution is -0.121. The topological polar surface area (TPSA) is 116 Å². The van der Waals surface area contributed by atoms with Crippen LogP contribution in [0.25, 0.3) is 0 Å². The number of halogens is 2. The van der Waals surface area contributed by atoms with Crippen LogP contribution in [0.3, 0.4) is 0 Å². The van der Waals surface area contributed by atoms with Gasteiger partial charge in [0.15, 0.2) is 6.10 Å². The number of fused-ring (bicyclic) bond motifs is 2. The molecule has 9 nitrogen and oxygen atoms in total. The van der Waals surface area contributed by atoms with Gasteiger partial charge < -0.3 is 15.2 Å². The summed E-state index contributed by atoms with van der Waals surface area (Å²) >= 11 is 0. The van der Waals surface area contributed by atoms with Gasteiger partial charge in [0.05, 0.1) is 17.9 Å². The van der Waals surface area contributed by atoms with Gasteiger partial charge in [-0.15, -0.1) is 5.10 Å². The van der Waals surface area contributed by atoms with Crippen molar-refractivity contribution < 1.29 is 23.4 Å². The first-order valence-corrected chi connectivity index (χ1v) is 10.6. The number of nitrogens with zero attached hydrogens (tertiary/aromatic N) is 4. The molecule has 3 saturated carbocycles.